The minimum atomic E-state index is -3.63. The molecular weight excluding hydrogens is 290 g/mol. The molecule has 21 heavy (non-hydrogen) atoms. The van der Waals surface area contributed by atoms with Crippen molar-refractivity contribution in [3.05, 3.63) is 60.2 Å². The second kappa shape index (κ2) is 6.41. The minimum absolute atomic E-state index is 0.00882. The first-order valence-corrected chi connectivity index (χ1v) is 7.84. The standard InChI is InChI=1S/C15H15NO4S/c17-15(18)10-9-12-5-4-6-13(11-12)16-21(19,20)14-7-2-1-3-8-14/h1-8,11,16H,9-10H2,(H,17,18). The number of aryl methyl sites for hydroxylation is 1. The molecule has 2 N–H and O–H groups in total. The van der Waals surface area contributed by atoms with Crippen LogP contribution in [0.25, 0.3) is 0 Å². The SMILES string of the molecule is O=C(O)CCc1cccc(NS(=O)(=O)c2ccccc2)c1. The number of rotatable bonds is 6. The van der Waals surface area contributed by atoms with Gasteiger partial charge in [0.1, 0.15) is 0 Å². The van der Waals surface area contributed by atoms with E-state index in [1.54, 1.807) is 42.5 Å². The summed E-state index contributed by atoms with van der Waals surface area (Å²) in [6, 6.07) is 14.8. The Morgan fingerprint density at radius 3 is 2.43 bits per heavy atom. The average molecular weight is 305 g/mol. The van der Waals surface area contributed by atoms with Gasteiger partial charge < -0.3 is 5.11 Å². The zero-order chi connectivity index (χ0) is 15.3. The maximum absolute atomic E-state index is 12.2. The molecule has 2 aromatic rings. The highest BCUT2D eigenvalue weighted by molar-refractivity contribution is 7.92. The van der Waals surface area contributed by atoms with Crippen LogP contribution in [-0.2, 0) is 21.2 Å². The van der Waals surface area contributed by atoms with Crippen molar-refractivity contribution in [1.29, 1.82) is 0 Å². The molecule has 0 saturated heterocycles. The number of aliphatic carboxylic acids is 1. The van der Waals surface area contributed by atoms with Crippen LogP contribution in [-0.4, -0.2) is 19.5 Å². The molecule has 0 amide bonds. The summed E-state index contributed by atoms with van der Waals surface area (Å²) in [7, 11) is -3.63. The van der Waals surface area contributed by atoms with Crippen molar-refractivity contribution in [3.63, 3.8) is 0 Å². The van der Waals surface area contributed by atoms with Crippen molar-refractivity contribution in [3.8, 4) is 0 Å². The van der Waals surface area contributed by atoms with Gasteiger partial charge in [0.15, 0.2) is 0 Å². The van der Waals surface area contributed by atoms with E-state index in [0.717, 1.165) is 5.56 Å². The quantitative estimate of drug-likeness (QED) is 0.859. The van der Waals surface area contributed by atoms with Crippen molar-refractivity contribution in [2.45, 2.75) is 17.7 Å². The molecule has 0 atom stereocenters. The van der Waals surface area contributed by atoms with Crippen LogP contribution in [0.1, 0.15) is 12.0 Å². The summed E-state index contributed by atoms with van der Waals surface area (Å²) in [5.41, 5.74) is 1.19. The van der Waals surface area contributed by atoms with E-state index in [4.69, 9.17) is 5.11 Å². The molecule has 2 rings (SSSR count). The van der Waals surface area contributed by atoms with Crippen LogP contribution in [0.3, 0.4) is 0 Å². The fraction of sp³-hybridized carbons (Fsp3) is 0.133. The summed E-state index contributed by atoms with van der Waals surface area (Å²) in [6.07, 6.45) is 0.366. The summed E-state index contributed by atoms with van der Waals surface area (Å²) in [5, 5.41) is 8.67. The van der Waals surface area contributed by atoms with Gasteiger partial charge in [0, 0.05) is 12.1 Å². The van der Waals surface area contributed by atoms with Gasteiger partial charge in [0.05, 0.1) is 4.90 Å². The molecule has 0 saturated carbocycles. The fourth-order valence-corrected chi connectivity index (χ4v) is 2.93. The molecule has 110 valence electrons. The first kappa shape index (κ1) is 15.1. The van der Waals surface area contributed by atoms with Crippen molar-refractivity contribution < 1.29 is 18.3 Å². The number of carboxylic acid groups (broad SMARTS) is 1. The van der Waals surface area contributed by atoms with Crippen LogP contribution in [0.4, 0.5) is 5.69 Å². The van der Waals surface area contributed by atoms with E-state index in [-0.39, 0.29) is 11.3 Å². The van der Waals surface area contributed by atoms with Crippen molar-refractivity contribution in [2.24, 2.45) is 0 Å². The molecular formula is C15H15NO4S. The zero-order valence-electron chi connectivity index (χ0n) is 11.2. The molecule has 0 fully saturated rings. The smallest absolute Gasteiger partial charge is 0.303 e. The Kier molecular flexibility index (Phi) is 4.59. The largest absolute Gasteiger partial charge is 0.481 e. The average Bonchev–Trinajstić information content (AvgIpc) is 2.46. The van der Waals surface area contributed by atoms with Crippen molar-refractivity contribution >= 4 is 21.7 Å². The normalized spacial score (nSPS) is 11.0. The number of nitrogens with one attached hydrogen (secondary N) is 1. The first-order valence-electron chi connectivity index (χ1n) is 6.36. The van der Waals surface area contributed by atoms with E-state index < -0.39 is 16.0 Å². The molecule has 0 aliphatic rings. The highest BCUT2D eigenvalue weighted by Crippen LogP contribution is 2.17. The van der Waals surface area contributed by atoms with Crippen LogP contribution in [0, 0.1) is 0 Å². The molecule has 0 unspecified atom stereocenters. The number of anilines is 1. The van der Waals surface area contributed by atoms with Gasteiger partial charge in [-0.2, -0.15) is 0 Å². The minimum Gasteiger partial charge on any atom is -0.481 e. The summed E-state index contributed by atoms with van der Waals surface area (Å²) < 4.78 is 26.8. The Bertz CT molecular complexity index is 726. The Morgan fingerprint density at radius 1 is 1.05 bits per heavy atom. The first-order chi connectivity index (χ1) is 9.97. The third-order valence-electron chi connectivity index (χ3n) is 2.86. The van der Waals surface area contributed by atoms with Gasteiger partial charge in [-0.05, 0) is 36.2 Å². The summed E-state index contributed by atoms with van der Waals surface area (Å²) >= 11 is 0. The number of hydrogen-bond acceptors (Lipinski definition) is 3. The third kappa shape index (κ3) is 4.32. The lowest BCUT2D eigenvalue weighted by molar-refractivity contribution is -0.136. The molecule has 0 aromatic heterocycles. The Morgan fingerprint density at radius 2 is 1.76 bits per heavy atom. The summed E-state index contributed by atoms with van der Waals surface area (Å²) in [5.74, 6) is -0.884. The Balaban J connectivity index is 2.16. The number of sulfonamides is 1. The molecule has 6 heteroatoms. The van der Waals surface area contributed by atoms with E-state index in [1.807, 2.05) is 0 Å². The topological polar surface area (TPSA) is 83.5 Å². The maximum Gasteiger partial charge on any atom is 0.303 e. The number of hydrogen-bond donors (Lipinski definition) is 2. The van der Waals surface area contributed by atoms with Crippen LogP contribution in [0.15, 0.2) is 59.5 Å². The van der Waals surface area contributed by atoms with Gasteiger partial charge in [-0.25, -0.2) is 8.42 Å². The second-order valence-corrected chi connectivity index (χ2v) is 6.20. The summed E-state index contributed by atoms with van der Waals surface area (Å²) in [4.78, 5) is 10.7. The number of benzene rings is 2. The lowest BCUT2D eigenvalue weighted by Gasteiger charge is -2.09. The third-order valence-corrected chi connectivity index (χ3v) is 4.26. The van der Waals surface area contributed by atoms with Gasteiger partial charge in [-0.15, -0.1) is 0 Å². The van der Waals surface area contributed by atoms with Crippen LogP contribution in [0.5, 0.6) is 0 Å². The van der Waals surface area contributed by atoms with E-state index in [2.05, 4.69) is 4.72 Å². The Labute approximate surface area is 123 Å². The fourth-order valence-electron chi connectivity index (χ4n) is 1.86. The van der Waals surface area contributed by atoms with Crippen molar-refractivity contribution in [1.82, 2.24) is 0 Å². The molecule has 0 bridgehead atoms. The Hall–Kier alpha value is -2.34. The van der Waals surface area contributed by atoms with Gasteiger partial charge in [-0.3, -0.25) is 9.52 Å². The predicted molar refractivity (Wildman–Crippen MR) is 79.6 cm³/mol. The molecule has 5 nitrogen and oxygen atoms in total. The van der Waals surface area contributed by atoms with Crippen LogP contribution < -0.4 is 4.72 Å². The molecule has 2 aromatic carbocycles. The second-order valence-electron chi connectivity index (χ2n) is 4.51. The monoisotopic (exact) mass is 305 g/mol. The number of carbonyl (C=O) groups is 1. The molecule has 0 aliphatic carbocycles. The van der Waals surface area contributed by atoms with Gasteiger partial charge >= 0.3 is 5.97 Å². The van der Waals surface area contributed by atoms with Gasteiger partial charge in [0.2, 0.25) is 0 Å². The lowest BCUT2D eigenvalue weighted by Crippen LogP contribution is -2.12. The van der Waals surface area contributed by atoms with E-state index in [9.17, 15) is 13.2 Å². The molecule has 0 heterocycles. The highest BCUT2D eigenvalue weighted by Gasteiger charge is 2.13. The lowest BCUT2D eigenvalue weighted by atomic mass is 10.1. The predicted octanol–water partition coefficient (Wildman–Crippen LogP) is 2.50. The van der Waals surface area contributed by atoms with Gasteiger partial charge in [0.25, 0.3) is 10.0 Å². The van der Waals surface area contributed by atoms with Crippen molar-refractivity contribution in [2.75, 3.05) is 4.72 Å². The van der Waals surface area contributed by atoms with E-state index >= 15 is 0 Å². The van der Waals surface area contributed by atoms with E-state index in [1.165, 1.54) is 12.1 Å². The summed E-state index contributed by atoms with van der Waals surface area (Å²) in [6.45, 7) is 0. The highest BCUT2D eigenvalue weighted by atomic mass is 32.2. The molecule has 0 radical (unpaired) electrons. The molecule has 0 aliphatic heterocycles. The maximum atomic E-state index is 12.2. The number of carboxylic acids is 1. The van der Waals surface area contributed by atoms with Crippen LogP contribution >= 0.6 is 0 Å². The zero-order valence-corrected chi connectivity index (χ0v) is 12.0. The van der Waals surface area contributed by atoms with Gasteiger partial charge in [-0.1, -0.05) is 30.3 Å². The van der Waals surface area contributed by atoms with Crippen LogP contribution in [0.2, 0.25) is 0 Å². The molecule has 0 spiro atoms. The van der Waals surface area contributed by atoms with E-state index in [0.29, 0.717) is 12.1 Å².